The minimum absolute atomic E-state index is 0.119. The van der Waals surface area contributed by atoms with Gasteiger partial charge >= 0.3 is 0 Å². The van der Waals surface area contributed by atoms with E-state index in [4.69, 9.17) is 9.15 Å². The van der Waals surface area contributed by atoms with Gasteiger partial charge in [-0.3, -0.25) is 4.79 Å². The zero-order chi connectivity index (χ0) is 11.6. The summed E-state index contributed by atoms with van der Waals surface area (Å²) in [7, 11) is 0. The quantitative estimate of drug-likeness (QED) is 0.689. The van der Waals surface area contributed by atoms with Crippen LogP contribution >= 0.6 is 0 Å². The molecule has 0 unspecified atom stereocenters. The monoisotopic (exact) mass is 225 g/mol. The molecule has 0 aliphatic rings. The molecule has 0 aromatic carbocycles. The molecule has 0 fully saturated rings. The normalized spacial score (nSPS) is 10.3. The highest BCUT2D eigenvalue weighted by Gasteiger charge is 1.98. The average Bonchev–Trinajstić information content (AvgIpc) is 2.76. The maximum absolute atomic E-state index is 11.1. The van der Waals surface area contributed by atoms with Crippen LogP contribution in [-0.4, -0.2) is 19.1 Å². The second-order valence-corrected chi connectivity index (χ2v) is 3.59. The Morgan fingerprint density at radius 2 is 2.44 bits per heavy atom. The van der Waals surface area contributed by atoms with Gasteiger partial charge in [0, 0.05) is 19.6 Å². The van der Waals surface area contributed by atoms with E-state index in [1.807, 2.05) is 19.1 Å². The highest BCUT2D eigenvalue weighted by atomic mass is 16.5. The molecule has 1 aromatic heterocycles. The summed E-state index contributed by atoms with van der Waals surface area (Å²) in [5, 5.41) is 2.83. The first-order valence-corrected chi connectivity index (χ1v) is 5.69. The Hall–Kier alpha value is -1.29. The van der Waals surface area contributed by atoms with E-state index in [1.165, 1.54) is 0 Å². The molecule has 0 aliphatic carbocycles. The smallest absolute Gasteiger partial charge is 0.219 e. The van der Waals surface area contributed by atoms with Crippen molar-refractivity contribution in [2.75, 3.05) is 13.2 Å². The Morgan fingerprint density at radius 1 is 1.56 bits per heavy atom. The van der Waals surface area contributed by atoms with Crippen LogP contribution in [0.5, 0.6) is 0 Å². The van der Waals surface area contributed by atoms with Crippen molar-refractivity contribution < 1.29 is 13.9 Å². The summed E-state index contributed by atoms with van der Waals surface area (Å²) in [5.41, 5.74) is 0. The summed E-state index contributed by atoms with van der Waals surface area (Å²) in [4.78, 5) is 11.1. The third kappa shape index (κ3) is 5.56. The fourth-order valence-electron chi connectivity index (χ4n) is 1.28. The molecular formula is C12H19NO3. The molecule has 4 nitrogen and oxygen atoms in total. The van der Waals surface area contributed by atoms with Crippen molar-refractivity contribution >= 4 is 5.91 Å². The Labute approximate surface area is 96.0 Å². The maximum Gasteiger partial charge on any atom is 0.219 e. The van der Waals surface area contributed by atoms with Crippen LogP contribution in [0.4, 0.5) is 0 Å². The van der Waals surface area contributed by atoms with Gasteiger partial charge < -0.3 is 14.5 Å². The van der Waals surface area contributed by atoms with E-state index in [0.717, 1.165) is 18.6 Å². The zero-order valence-electron chi connectivity index (χ0n) is 9.70. The molecule has 1 amide bonds. The Kier molecular flexibility index (Phi) is 6.33. The molecule has 0 radical (unpaired) electrons. The van der Waals surface area contributed by atoms with E-state index in [9.17, 15) is 4.79 Å². The molecule has 16 heavy (non-hydrogen) atoms. The van der Waals surface area contributed by atoms with Gasteiger partial charge in [-0.25, -0.2) is 0 Å². The van der Waals surface area contributed by atoms with Gasteiger partial charge in [-0.15, -0.1) is 0 Å². The van der Waals surface area contributed by atoms with Crippen molar-refractivity contribution in [3.8, 4) is 0 Å². The molecule has 4 heteroatoms. The standard InChI is InChI=1S/C12H19NO3/c1-2-5-12(14)13-7-4-8-15-10-11-6-3-9-16-11/h3,6,9H,2,4-5,7-8,10H2,1H3,(H,13,14). The van der Waals surface area contributed by atoms with Gasteiger partial charge in [0.05, 0.1) is 6.26 Å². The molecule has 1 heterocycles. The lowest BCUT2D eigenvalue weighted by Crippen LogP contribution is -2.24. The summed E-state index contributed by atoms with van der Waals surface area (Å²) in [6, 6.07) is 3.71. The Balaban J connectivity index is 1.90. The van der Waals surface area contributed by atoms with Gasteiger partial charge in [0.1, 0.15) is 12.4 Å². The molecule has 0 bridgehead atoms. The van der Waals surface area contributed by atoms with Crippen molar-refractivity contribution in [2.24, 2.45) is 0 Å². The van der Waals surface area contributed by atoms with Crippen LogP contribution in [0, 0.1) is 0 Å². The second-order valence-electron chi connectivity index (χ2n) is 3.59. The van der Waals surface area contributed by atoms with Crippen LogP contribution in [0.3, 0.4) is 0 Å². The van der Waals surface area contributed by atoms with Gasteiger partial charge in [-0.1, -0.05) is 6.92 Å². The van der Waals surface area contributed by atoms with Crippen LogP contribution < -0.4 is 5.32 Å². The number of nitrogens with one attached hydrogen (secondary N) is 1. The molecule has 1 aromatic rings. The molecule has 0 saturated heterocycles. The zero-order valence-corrected chi connectivity index (χ0v) is 9.70. The predicted molar refractivity (Wildman–Crippen MR) is 60.9 cm³/mol. The molecule has 0 saturated carbocycles. The maximum atomic E-state index is 11.1. The molecule has 90 valence electrons. The van der Waals surface area contributed by atoms with Crippen LogP contribution in [-0.2, 0) is 16.1 Å². The van der Waals surface area contributed by atoms with Gasteiger partial charge in [0.25, 0.3) is 0 Å². The Morgan fingerprint density at radius 3 is 3.12 bits per heavy atom. The third-order valence-electron chi connectivity index (χ3n) is 2.09. The molecule has 0 atom stereocenters. The van der Waals surface area contributed by atoms with E-state index in [-0.39, 0.29) is 5.91 Å². The minimum Gasteiger partial charge on any atom is -0.467 e. The van der Waals surface area contributed by atoms with E-state index in [2.05, 4.69) is 5.32 Å². The van der Waals surface area contributed by atoms with E-state index >= 15 is 0 Å². The second kappa shape index (κ2) is 7.93. The largest absolute Gasteiger partial charge is 0.467 e. The predicted octanol–water partition coefficient (Wildman–Crippen LogP) is 2.10. The number of ether oxygens (including phenoxy) is 1. The first-order chi connectivity index (χ1) is 7.83. The molecule has 1 N–H and O–H groups in total. The first kappa shape index (κ1) is 12.8. The average molecular weight is 225 g/mol. The fraction of sp³-hybridized carbons (Fsp3) is 0.583. The highest BCUT2D eigenvalue weighted by Crippen LogP contribution is 2.01. The number of carbonyl (C=O) groups is 1. The van der Waals surface area contributed by atoms with Gasteiger partial charge in [0.15, 0.2) is 0 Å². The van der Waals surface area contributed by atoms with Crippen molar-refractivity contribution in [3.05, 3.63) is 24.2 Å². The SMILES string of the molecule is CCCC(=O)NCCCOCc1ccco1. The third-order valence-corrected chi connectivity index (χ3v) is 2.09. The lowest BCUT2D eigenvalue weighted by molar-refractivity contribution is -0.121. The summed E-state index contributed by atoms with van der Waals surface area (Å²) in [5.74, 6) is 0.948. The van der Waals surface area contributed by atoms with Crippen LogP contribution in [0.2, 0.25) is 0 Å². The van der Waals surface area contributed by atoms with E-state index in [0.29, 0.717) is 26.2 Å². The number of hydrogen-bond acceptors (Lipinski definition) is 3. The molecule has 0 spiro atoms. The van der Waals surface area contributed by atoms with Crippen LogP contribution in [0.1, 0.15) is 31.9 Å². The highest BCUT2D eigenvalue weighted by molar-refractivity contribution is 5.75. The van der Waals surface area contributed by atoms with Gasteiger partial charge in [-0.2, -0.15) is 0 Å². The van der Waals surface area contributed by atoms with Gasteiger partial charge in [0.2, 0.25) is 5.91 Å². The van der Waals surface area contributed by atoms with Crippen molar-refractivity contribution in [2.45, 2.75) is 32.8 Å². The van der Waals surface area contributed by atoms with Gasteiger partial charge in [-0.05, 0) is 25.0 Å². The van der Waals surface area contributed by atoms with Crippen molar-refractivity contribution in [1.29, 1.82) is 0 Å². The number of rotatable bonds is 8. The number of carbonyl (C=O) groups excluding carboxylic acids is 1. The van der Waals surface area contributed by atoms with Crippen LogP contribution in [0.15, 0.2) is 22.8 Å². The summed E-state index contributed by atoms with van der Waals surface area (Å²) < 4.78 is 10.5. The summed E-state index contributed by atoms with van der Waals surface area (Å²) >= 11 is 0. The fourth-order valence-corrected chi connectivity index (χ4v) is 1.28. The summed E-state index contributed by atoms with van der Waals surface area (Å²) in [6.45, 7) is 3.80. The number of amides is 1. The lowest BCUT2D eigenvalue weighted by Gasteiger charge is -2.04. The number of hydrogen-bond donors (Lipinski definition) is 1. The molecular weight excluding hydrogens is 206 g/mol. The lowest BCUT2D eigenvalue weighted by atomic mass is 10.3. The first-order valence-electron chi connectivity index (χ1n) is 5.69. The molecule has 1 rings (SSSR count). The minimum atomic E-state index is 0.119. The van der Waals surface area contributed by atoms with E-state index in [1.54, 1.807) is 6.26 Å². The van der Waals surface area contributed by atoms with E-state index < -0.39 is 0 Å². The van der Waals surface area contributed by atoms with Crippen molar-refractivity contribution in [1.82, 2.24) is 5.32 Å². The van der Waals surface area contributed by atoms with Crippen molar-refractivity contribution in [3.63, 3.8) is 0 Å². The van der Waals surface area contributed by atoms with Crippen LogP contribution in [0.25, 0.3) is 0 Å². The summed E-state index contributed by atoms with van der Waals surface area (Å²) in [6.07, 6.45) is 3.95. The number of furan rings is 1. The molecule has 0 aliphatic heterocycles. The topological polar surface area (TPSA) is 51.5 Å². The Bertz CT molecular complexity index is 282.